The van der Waals surface area contributed by atoms with Crippen molar-refractivity contribution in [2.45, 2.75) is 26.2 Å². The van der Waals surface area contributed by atoms with Crippen molar-refractivity contribution in [2.24, 2.45) is 0 Å². The number of aromatic nitrogens is 4. The highest BCUT2D eigenvalue weighted by Gasteiger charge is 2.15. The molecule has 3 aromatic rings. The van der Waals surface area contributed by atoms with Crippen LogP contribution in [0.2, 0.25) is 5.02 Å². The first-order valence-corrected chi connectivity index (χ1v) is 8.17. The van der Waals surface area contributed by atoms with Gasteiger partial charge in [-0.2, -0.15) is 0 Å². The Balaban J connectivity index is 1.82. The summed E-state index contributed by atoms with van der Waals surface area (Å²) in [6.07, 6.45) is 1.47. The number of amides is 1. The Morgan fingerprint density at radius 2 is 1.84 bits per heavy atom. The fourth-order valence-corrected chi connectivity index (χ4v) is 2.51. The second kappa shape index (κ2) is 6.64. The van der Waals surface area contributed by atoms with E-state index in [2.05, 4.69) is 41.6 Å². The number of tetrazole rings is 1. The molecule has 3 rings (SSSR count). The van der Waals surface area contributed by atoms with E-state index in [-0.39, 0.29) is 11.3 Å². The van der Waals surface area contributed by atoms with Crippen LogP contribution in [0.4, 0.5) is 5.69 Å². The second-order valence-electron chi connectivity index (χ2n) is 6.70. The predicted molar refractivity (Wildman–Crippen MR) is 97.3 cm³/mol. The predicted octanol–water partition coefficient (Wildman–Crippen LogP) is 3.87. The van der Waals surface area contributed by atoms with Gasteiger partial charge in [-0.3, -0.25) is 4.79 Å². The first kappa shape index (κ1) is 17.1. The third-order valence-corrected chi connectivity index (χ3v) is 4.15. The summed E-state index contributed by atoms with van der Waals surface area (Å²) >= 11 is 6.20. The highest BCUT2D eigenvalue weighted by molar-refractivity contribution is 6.34. The van der Waals surface area contributed by atoms with E-state index >= 15 is 0 Å². The zero-order valence-corrected chi connectivity index (χ0v) is 14.9. The SMILES string of the molecule is CC(C)(C)c1ccc(C(=O)Nc2cc(-n3cnnn3)ccc2Cl)cc1. The minimum absolute atomic E-state index is 0.0402. The van der Waals surface area contributed by atoms with E-state index in [9.17, 15) is 4.79 Å². The van der Waals surface area contributed by atoms with E-state index in [0.29, 0.717) is 22.0 Å². The van der Waals surface area contributed by atoms with Crippen LogP contribution in [0.25, 0.3) is 5.69 Å². The summed E-state index contributed by atoms with van der Waals surface area (Å²) in [6.45, 7) is 6.39. The Labute approximate surface area is 150 Å². The van der Waals surface area contributed by atoms with E-state index in [1.165, 1.54) is 16.6 Å². The van der Waals surface area contributed by atoms with Crippen LogP contribution < -0.4 is 5.32 Å². The summed E-state index contributed by atoms with van der Waals surface area (Å²) in [5.41, 5.74) is 2.98. The number of benzene rings is 2. The van der Waals surface area contributed by atoms with Gasteiger partial charge in [-0.25, -0.2) is 4.68 Å². The third kappa shape index (κ3) is 3.85. The molecule has 0 saturated carbocycles. The molecule has 0 saturated heterocycles. The van der Waals surface area contributed by atoms with Gasteiger partial charge in [0.2, 0.25) is 0 Å². The first-order chi connectivity index (χ1) is 11.8. The highest BCUT2D eigenvalue weighted by Crippen LogP contribution is 2.26. The molecule has 0 aliphatic rings. The lowest BCUT2D eigenvalue weighted by atomic mass is 9.87. The molecule has 25 heavy (non-hydrogen) atoms. The Morgan fingerprint density at radius 1 is 1.12 bits per heavy atom. The highest BCUT2D eigenvalue weighted by atomic mass is 35.5. The zero-order chi connectivity index (χ0) is 18.0. The lowest BCUT2D eigenvalue weighted by molar-refractivity contribution is 0.102. The van der Waals surface area contributed by atoms with Gasteiger partial charge >= 0.3 is 0 Å². The maximum absolute atomic E-state index is 12.5. The van der Waals surface area contributed by atoms with Crippen molar-refractivity contribution in [1.82, 2.24) is 20.2 Å². The van der Waals surface area contributed by atoms with Gasteiger partial charge in [-0.05, 0) is 51.7 Å². The smallest absolute Gasteiger partial charge is 0.255 e. The number of carbonyl (C=O) groups excluding carboxylic acids is 1. The molecular formula is C18H18ClN5O. The number of rotatable bonds is 3. The van der Waals surface area contributed by atoms with Crippen molar-refractivity contribution in [1.29, 1.82) is 0 Å². The van der Waals surface area contributed by atoms with Gasteiger partial charge in [0.25, 0.3) is 5.91 Å². The zero-order valence-electron chi connectivity index (χ0n) is 14.2. The molecule has 0 fully saturated rings. The number of anilines is 1. The topological polar surface area (TPSA) is 72.7 Å². The fourth-order valence-electron chi connectivity index (χ4n) is 2.35. The molecule has 0 bridgehead atoms. The second-order valence-corrected chi connectivity index (χ2v) is 7.11. The monoisotopic (exact) mass is 355 g/mol. The lowest BCUT2D eigenvalue weighted by Crippen LogP contribution is -2.14. The van der Waals surface area contributed by atoms with Gasteiger partial charge in [0.05, 0.1) is 16.4 Å². The van der Waals surface area contributed by atoms with Crippen molar-refractivity contribution < 1.29 is 4.79 Å². The summed E-state index contributed by atoms with van der Waals surface area (Å²) in [6, 6.07) is 12.7. The molecule has 128 valence electrons. The van der Waals surface area contributed by atoms with Crippen LogP contribution in [0.15, 0.2) is 48.8 Å². The molecule has 0 unspecified atom stereocenters. The van der Waals surface area contributed by atoms with E-state index in [1.807, 2.05) is 24.3 Å². The van der Waals surface area contributed by atoms with Crippen molar-refractivity contribution >= 4 is 23.2 Å². The van der Waals surface area contributed by atoms with Gasteiger partial charge in [0.1, 0.15) is 6.33 Å². The number of nitrogens with zero attached hydrogens (tertiary/aromatic N) is 4. The first-order valence-electron chi connectivity index (χ1n) is 7.79. The van der Waals surface area contributed by atoms with Crippen LogP contribution in [-0.4, -0.2) is 26.1 Å². The summed E-state index contributed by atoms with van der Waals surface area (Å²) in [5, 5.41) is 14.3. The Bertz CT molecular complexity index is 883. The quantitative estimate of drug-likeness (QED) is 0.774. The van der Waals surface area contributed by atoms with Gasteiger partial charge in [0.15, 0.2) is 0 Å². The number of halogens is 1. The molecule has 1 amide bonds. The van der Waals surface area contributed by atoms with Gasteiger partial charge in [-0.15, -0.1) is 5.10 Å². The molecular weight excluding hydrogens is 338 g/mol. The van der Waals surface area contributed by atoms with Crippen LogP contribution in [-0.2, 0) is 5.41 Å². The van der Waals surface area contributed by atoms with Crippen LogP contribution in [0.3, 0.4) is 0 Å². The van der Waals surface area contributed by atoms with E-state index in [4.69, 9.17) is 11.6 Å². The van der Waals surface area contributed by atoms with Gasteiger partial charge in [0, 0.05) is 5.56 Å². The largest absolute Gasteiger partial charge is 0.321 e. The third-order valence-electron chi connectivity index (χ3n) is 3.82. The molecule has 0 atom stereocenters. The maximum Gasteiger partial charge on any atom is 0.255 e. The molecule has 0 aliphatic carbocycles. The average Bonchev–Trinajstić information content (AvgIpc) is 3.10. The van der Waals surface area contributed by atoms with E-state index in [1.54, 1.807) is 18.2 Å². The van der Waals surface area contributed by atoms with Crippen molar-refractivity contribution in [2.75, 3.05) is 5.32 Å². The molecule has 1 heterocycles. The minimum atomic E-state index is -0.226. The average molecular weight is 356 g/mol. The fraction of sp³-hybridized carbons (Fsp3) is 0.222. The summed E-state index contributed by atoms with van der Waals surface area (Å²) in [5.74, 6) is -0.226. The van der Waals surface area contributed by atoms with Crippen molar-refractivity contribution in [3.63, 3.8) is 0 Å². The summed E-state index contributed by atoms with van der Waals surface area (Å²) in [7, 11) is 0. The molecule has 0 aliphatic heterocycles. The number of nitrogens with one attached hydrogen (secondary N) is 1. The van der Waals surface area contributed by atoms with Gasteiger partial charge < -0.3 is 5.32 Å². The molecule has 1 aromatic heterocycles. The maximum atomic E-state index is 12.5. The van der Waals surface area contributed by atoms with Crippen molar-refractivity contribution in [3.05, 3.63) is 64.9 Å². The van der Waals surface area contributed by atoms with Crippen LogP contribution in [0.1, 0.15) is 36.7 Å². The molecule has 6 nitrogen and oxygen atoms in total. The number of hydrogen-bond donors (Lipinski definition) is 1. The molecule has 0 spiro atoms. The van der Waals surface area contributed by atoms with Crippen molar-refractivity contribution in [3.8, 4) is 5.69 Å². The lowest BCUT2D eigenvalue weighted by Gasteiger charge is -2.19. The standard InChI is InChI=1S/C18H18ClN5O/c1-18(2,3)13-6-4-12(5-7-13)17(25)21-16-10-14(8-9-15(16)19)24-11-20-22-23-24/h4-11H,1-3H3,(H,21,25). The molecule has 1 N–H and O–H groups in total. The van der Waals surface area contributed by atoms with Crippen LogP contribution in [0, 0.1) is 0 Å². The summed E-state index contributed by atoms with van der Waals surface area (Å²) < 4.78 is 1.49. The molecule has 7 heteroatoms. The minimum Gasteiger partial charge on any atom is -0.321 e. The van der Waals surface area contributed by atoms with E-state index in [0.717, 1.165) is 0 Å². The Kier molecular flexibility index (Phi) is 4.55. The number of carbonyl (C=O) groups is 1. The Morgan fingerprint density at radius 3 is 2.44 bits per heavy atom. The van der Waals surface area contributed by atoms with Gasteiger partial charge in [-0.1, -0.05) is 44.5 Å². The van der Waals surface area contributed by atoms with Crippen LogP contribution in [0.5, 0.6) is 0 Å². The summed E-state index contributed by atoms with van der Waals surface area (Å²) in [4.78, 5) is 12.5. The number of hydrogen-bond acceptors (Lipinski definition) is 4. The molecule has 2 aromatic carbocycles. The van der Waals surface area contributed by atoms with Crippen LogP contribution >= 0.6 is 11.6 Å². The van der Waals surface area contributed by atoms with E-state index < -0.39 is 0 Å². The molecule has 0 radical (unpaired) electrons. The normalized spacial score (nSPS) is 11.4. The Hall–Kier alpha value is -2.73.